The number of hydrogen-bond donors (Lipinski definition) is 3. The number of hydrogen-bond acceptors (Lipinski definition) is 2. The molecule has 0 fully saturated rings. The van der Waals surface area contributed by atoms with Crippen LogP contribution < -0.4 is 10.6 Å². The van der Waals surface area contributed by atoms with E-state index in [1.165, 1.54) is 6.07 Å². The van der Waals surface area contributed by atoms with Gasteiger partial charge >= 0.3 is 12.0 Å². The van der Waals surface area contributed by atoms with E-state index in [2.05, 4.69) is 10.6 Å². The number of halogens is 2. The molecule has 1 aromatic carbocycles. The normalized spacial score (nSPS) is 13.4. The van der Waals surface area contributed by atoms with E-state index in [1.54, 1.807) is 19.1 Å². The lowest BCUT2D eigenvalue weighted by Crippen LogP contribution is -2.46. The van der Waals surface area contributed by atoms with E-state index in [1.807, 2.05) is 6.92 Å². The van der Waals surface area contributed by atoms with Gasteiger partial charge in [0.2, 0.25) is 0 Å². The lowest BCUT2D eigenvalue weighted by atomic mass is 9.99. The van der Waals surface area contributed by atoms with Crippen molar-refractivity contribution >= 4 is 40.9 Å². The summed E-state index contributed by atoms with van der Waals surface area (Å²) in [5, 5.41) is 14.7. The van der Waals surface area contributed by atoms with E-state index < -0.39 is 18.0 Å². The van der Waals surface area contributed by atoms with Crippen molar-refractivity contribution in [3.05, 3.63) is 28.2 Å². The minimum absolute atomic E-state index is 0.174. The third-order valence-corrected chi connectivity index (χ3v) is 3.68. The first kappa shape index (κ1) is 16.6. The number of anilines is 1. The van der Waals surface area contributed by atoms with Gasteiger partial charge in [-0.2, -0.15) is 0 Å². The van der Waals surface area contributed by atoms with Gasteiger partial charge in [-0.25, -0.2) is 9.59 Å². The number of carbonyl (C=O) groups excluding carboxylic acids is 1. The monoisotopic (exact) mass is 318 g/mol. The molecule has 0 radical (unpaired) electrons. The largest absolute Gasteiger partial charge is 0.480 e. The van der Waals surface area contributed by atoms with Crippen LogP contribution in [0.2, 0.25) is 10.0 Å². The van der Waals surface area contributed by atoms with Crippen molar-refractivity contribution in [3.63, 3.8) is 0 Å². The Balaban J connectivity index is 2.70. The predicted octanol–water partition coefficient (Wildman–Crippen LogP) is 3.61. The third kappa shape index (κ3) is 4.58. The zero-order valence-corrected chi connectivity index (χ0v) is 12.6. The van der Waals surface area contributed by atoms with E-state index in [4.69, 9.17) is 28.3 Å². The fourth-order valence-corrected chi connectivity index (χ4v) is 1.86. The molecule has 20 heavy (non-hydrogen) atoms. The molecule has 0 unspecified atom stereocenters. The Hall–Kier alpha value is -1.46. The van der Waals surface area contributed by atoms with Crippen LogP contribution in [0.1, 0.15) is 20.3 Å². The highest BCUT2D eigenvalue weighted by atomic mass is 35.5. The van der Waals surface area contributed by atoms with Crippen molar-refractivity contribution in [1.29, 1.82) is 0 Å². The molecule has 7 heteroatoms. The highest BCUT2D eigenvalue weighted by Gasteiger charge is 2.25. The fraction of sp³-hybridized carbons (Fsp3) is 0.385. The summed E-state index contributed by atoms with van der Waals surface area (Å²) in [6, 6.07) is 3.07. The second-order valence-electron chi connectivity index (χ2n) is 4.43. The second kappa shape index (κ2) is 7.36. The number of carboxylic acids is 1. The summed E-state index contributed by atoms with van der Waals surface area (Å²) >= 11 is 11.6. The number of benzene rings is 1. The average Bonchev–Trinajstić information content (AvgIpc) is 2.39. The standard InChI is InChI=1S/C13H16Cl2N2O3/c1-3-7(2)11(12(18)19)17-13(20)16-8-4-5-9(14)10(15)6-8/h4-7,11H,3H2,1-2H3,(H,18,19)(H2,16,17,20)/t7-,11+/m1/s1. The number of aliphatic carboxylic acids is 1. The van der Waals surface area contributed by atoms with Crippen molar-refractivity contribution < 1.29 is 14.7 Å². The molecular weight excluding hydrogens is 303 g/mol. The van der Waals surface area contributed by atoms with Gasteiger partial charge in [-0.3, -0.25) is 0 Å². The molecule has 0 saturated heterocycles. The van der Waals surface area contributed by atoms with Crippen molar-refractivity contribution in [3.8, 4) is 0 Å². The van der Waals surface area contributed by atoms with Crippen molar-refractivity contribution in [2.45, 2.75) is 26.3 Å². The highest BCUT2D eigenvalue weighted by molar-refractivity contribution is 6.42. The maximum Gasteiger partial charge on any atom is 0.326 e. The zero-order valence-electron chi connectivity index (χ0n) is 11.1. The lowest BCUT2D eigenvalue weighted by Gasteiger charge is -2.20. The number of nitrogens with one attached hydrogen (secondary N) is 2. The molecule has 0 bridgehead atoms. The lowest BCUT2D eigenvalue weighted by molar-refractivity contribution is -0.140. The van der Waals surface area contributed by atoms with Gasteiger partial charge in [-0.05, 0) is 24.1 Å². The number of amides is 2. The van der Waals surface area contributed by atoms with Crippen LogP contribution in [0, 0.1) is 5.92 Å². The van der Waals surface area contributed by atoms with Gasteiger partial charge in [0.25, 0.3) is 0 Å². The van der Waals surface area contributed by atoms with Gasteiger partial charge in [-0.1, -0.05) is 43.5 Å². The maximum absolute atomic E-state index is 11.8. The van der Waals surface area contributed by atoms with Crippen LogP contribution in [-0.2, 0) is 4.79 Å². The predicted molar refractivity (Wildman–Crippen MR) is 79.5 cm³/mol. The average molecular weight is 319 g/mol. The zero-order chi connectivity index (χ0) is 15.3. The van der Waals surface area contributed by atoms with Crippen LogP contribution in [-0.4, -0.2) is 23.1 Å². The van der Waals surface area contributed by atoms with Gasteiger partial charge in [0.1, 0.15) is 6.04 Å². The molecule has 0 aliphatic carbocycles. The summed E-state index contributed by atoms with van der Waals surface area (Å²) in [6.07, 6.45) is 0.643. The molecule has 1 rings (SSSR count). The number of rotatable bonds is 5. The van der Waals surface area contributed by atoms with Crippen LogP contribution >= 0.6 is 23.2 Å². The van der Waals surface area contributed by atoms with Crippen molar-refractivity contribution in [2.75, 3.05) is 5.32 Å². The van der Waals surface area contributed by atoms with E-state index in [9.17, 15) is 9.59 Å². The Morgan fingerprint density at radius 3 is 2.45 bits per heavy atom. The third-order valence-electron chi connectivity index (χ3n) is 2.94. The molecular formula is C13H16Cl2N2O3. The quantitative estimate of drug-likeness (QED) is 0.775. The summed E-state index contributed by atoms with van der Waals surface area (Å²) in [7, 11) is 0. The molecule has 0 spiro atoms. The summed E-state index contributed by atoms with van der Waals surface area (Å²) in [5.74, 6) is -1.24. The Morgan fingerprint density at radius 2 is 1.95 bits per heavy atom. The Bertz CT molecular complexity index is 508. The smallest absolute Gasteiger partial charge is 0.326 e. The van der Waals surface area contributed by atoms with Crippen LogP contribution in [0.5, 0.6) is 0 Å². The summed E-state index contributed by atoms with van der Waals surface area (Å²) in [5.41, 5.74) is 0.435. The van der Waals surface area contributed by atoms with Gasteiger partial charge in [-0.15, -0.1) is 0 Å². The van der Waals surface area contributed by atoms with Crippen molar-refractivity contribution in [1.82, 2.24) is 5.32 Å². The minimum atomic E-state index is -1.07. The molecule has 0 heterocycles. The topological polar surface area (TPSA) is 78.4 Å². The van der Waals surface area contributed by atoms with E-state index in [-0.39, 0.29) is 5.92 Å². The molecule has 3 N–H and O–H groups in total. The maximum atomic E-state index is 11.8. The van der Waals surface area contributed by atoms with E-state index >= 15 is 0 Å². The fourth-order valence-electron chi connectivity index (χ4n) is 1.57. The van der Waals surface area contributed by atoms with Gasteiger partial charge in [0.15, 0.2) is 0 Å². The second-order valence-corrected chi connectivity index (χ2v) is 5.24. The molecule has 0 saturated carbocycles. The molecule has 110 valence electrons. The molecule has 0 aliphatic rings. The number of urea groups is 1. The Labute approximate surface area is 127 Å². The van der Waals surface area contributed by atoms with Crippen molar-refractivity contribution in [2.24, 2.45) is 5.92 Å². The van der Waals surface area contributed by atoms with E-state index in [0.717, 1.165) is 0 Å². The summed E-state index contributed by atoms with van der Waals surface area (Å²) < 4.78 is 0. The van der Waals surface area contributed by atoms with Crippen LogP contribution in [0.25, 0.3) is 0 Å². The molecule has 2 amide bonds. The molecule has 5 nitrogen and oxygen atoms in total. The Kier molecular flexibility index (Phi) is 6.10. The van der Waals surface area contributed by atoms with Crippen LogP contribution in [0.4, 0.5) is 10.5 Å². The van der Waals surface area contributed by atoms with Crippen LogP contribution in [0.15, 0.2) is 18.2 Å². The molecule has 0 aliphatic heterocycles. The molecule has 0 aromatic heterocycles. The molecule has 2 atom stereocenters. The first-order chi connectivity index (χ1) is 9.35. The SMILES string of the molecule is CC[C@@H](C)[C@H](NC(=O)Nc1ccc(Cl)c(Cl)c1)C(=O)O. The van der Waals surface area contributed by atoms with Gasteiger partial charge in [0.05, 0.1) is 10.0 Å². The van der Waals surface area contributed by atoms with E-state index in [0.29, 0.717) is 22.2 Å². The first-order valence-electron chi connectivity index (χ1n) is 6.10. The number of carboxylic acid groups (broad SMARTS) is 1. The molecule has 1 aromatic rings. The summed E-state index contributed by atoms with van der Waals surface area (Å²) in [4.78, 5) is 22.9. The first-order valence-corrected chi connectivity index (χ1v) is 6.86. The van der Waals surface area contributed by atoms with Gasteiger partial charge in [0, 0.05) is 5.69 Å². The number of carbonyl (C=O) groups is 2. The minimum Gasteiger partial charge on any atom is -0.480 e. The summed E-state index contributed by atoms with van der Waals surface area (Å²) in [6.45, 7) is 3.62. The van der Waals surface area contributed by atoms with Gasteiger partial charge < -0.3 is 15.7 Å². The highest BCUT2D eigenvalue weighted by Crippen LogP contribution is 2.24. The van der Waals surface area contributed by atoms with Crippen LogP contribution in [0.3, 0.4) is 0 Å². The Morgan fingerprint density at radius 1 is 1.30 bits per heavy atom.